The molecule has 1 aliphatic heterocycles. The molecule has 17 heavy (non-hydrogen) atoms. The van der Waals surface area contributed by atoms with Gasteiger partial charge in [0.15, 0.2) is 11.6 Å². The molecule has 0 N–H and O–H groups in total. The van der Waals surface area contributed by atoms with E-state index in [1.807, 2.05) is 0 Å². The van der Waals surface area contributed by atoms with Crippen molar-refractivity contribution in [2.45, 2.75) is 19.3 Å². The number of nitro benzene ring substituents is 1. The molecule has 0 spiro atoms. The molecule has 2 rings (SSSR count). The number of non-ortho nitro benzene ring substituents is 1. The van der Waals surface area contributed by atoms with Crippen LogP contribution in [0.2, 0.25) is 0 Å². The minimum atomic E-state index is -0.862. The molecule has 0 radical (unpaired) electrons. The highest BCUT2D eigenvalue weighted by Gasteiger charge is 2.22. The van der Waals surface area contributed by atoms with E-state index in [-0.39, 0.29) is 5.69 Å². The topological polar surface area (TPSA) is 46.4 Å². The van der Waals surface area contributed by atoms with Gasteiger partial charge in [-0.25, -0.2) is 8.78 Å². The van der Waals surface area contributed by atoms with Crippen molar-refractivity contribution in [1.29, 1.82) is 0 Å². The summed E-state index contributed by atoms with van der Waals surface area (Å²) < 4.78 is 27.3. The van der Waals surface area contributed by atoms with Crippen molar-refractivity contribution in [2.75, 3.05) is 18.0 Å². The first-order valence-corrected chi connectivity index (χ1v) is 5.48. The first kappa shape index (κ1) is 11.8. The Bertz CT molecular complexity index is 422. The van der Waals surface area contributed by atoms with E-state index in [9.17, 15) is 18.9 Å². The van der Waals surface area contributed by atoms with Crippen molar-refractivity contribution in [3.8, 4) is 0 Å². The van der Waals surface area contributed by atoms with Crippen molar-refractivity contribution in [2.24, 2.45) is 0 Å². The minimum absolute atomic E-state index is 0.143. The van der Waals surface area contributed by atoms with E-state index < -0.39 is 22.2 Å². The van der Waals surface area contributed by atoms with E-state index in [1.165, 1.54) is 0 Å². The van der Waals surface area contributed by atoms with Crippen molar-refractivity contribution >= 4 is 11.4 Å². The molecule has 0 bridgehead atoms. The number of piperidine rings is 1. The average molecular weight is 242 g/mol. The van der Waals surface area contributed by atoms with Gasteiger partial charge in [0.1, 0.15) is 5.69 Å². The van der Waals surface area contributed by atoms with Crippen LogP contribution < -0.4 is 4.90 Å². The standard InChI is InChI=1S/C11H12F2N2O2/c12-9-6-8(15(16)17)7-10(13)11(9)14-4-2-1-3-5-14/h6-7H,1-5H2. The van der Waals surface area contributed by atoms with Crippen LogP contribution in [-0.2, 0) is 0 Å². The van der Waals surface area contributed by atoms with Crippen molar-refractivity contribution < 1.29 is 13.7 Å². The number of halogens is 2. The van der Waals surface area contributed by atoms with Gasteiger partial charge in [0.25, 0.3) is 5.69 Å². The number of nitro groups is 1. The molecule has 1 heterocycles. The highest BCUT2D eigenvalue weighted by atomic mass is 19.1. The lowest BCUT2D eigenvalue weighted by molar-refractivity contribution is -0.385. The van der Waals surface area contributed by atoms with Crippen molar-refractivity contribution in [1.82, 2.24) is 0 Å². The zero-order chi connectivity index (χ0) is 12.4. The quantitative estimate of drug-likeness (QED) is 0.591. The Morgan fingerprint density at radius 2 is 1.65 bits per heavy atom. The van der Waals surface area contributed by atoms with Gasteiger partial charge in [-0.05, 0) is 19.3 Å². The second-order valence-corrected chi connectivity index (χ2v) is 4.06. The molecule has 0 atom stereocenters. The van der Waals surface area contributed by atoms with E-state index in [2.05, 4.69) is 0 Å². The Kier molecular flexibility index (Phi) is 3.21. The third kappa shape index (κ3) is 2.35. The van der Waals surface area contributed by atoms with Gasteiger partial charge >= 0.3 is 0 Å². The number of hydrogen-bond acceptors (Lipinski definition) is 3. The molecule has 92 valence electrons. The number of benzene rings is 1. The number of nitrogens with zero attached hydrogens (tertiary/aromatic N) is 2. The van der Waals surface area contributed by atoms with Crippen LogP contribution in [-0.4, -0.2) is 18.0 Å². The Morgan fingerprint density at radius 1 is 1.12 bits per heavy atom. The second-order valence-electron chi connectivity index (χ2n) is 4.06. The van der Waals surface area contributed by atoms with Gasteiger partial charge in [-0.15, -0.1) is 0 Å². The largest absolute Gasteiger partial charge is 0.367 e. The van der Waals surface area contributed by atoms with Crippen LogP contribution in [0.4, 0.5) is 20.2 Å². The SMILES string of the molecule is O=[N+]([O-])c1cc(F)c(N2CCCCC2)c(F)c1. The average Bonchev–Trinajstić information content (AvgIpc) is 2.29. The molecule has 0 aliphatic carbocycles. The summed E-state index contributed by atoms with van der Waals surface area (Å²) in [5.41, 5.74) is -0.698. The van der Waals surface area contributed by atoms with E-state index in [0.29, 0.717) is 13.1 Å². The summed E-state index contributed by atoms with van der Waals surface area (Å²) in [6, 6.07) is 1.54. The van der Waals surface area contributed by atoms with Crippen LogP contribution in [0, 0.1) is 21.7 Å². The first-order valence-electron chi connectivity index (χ1n) is 5.48. The number of anilines is 1. The summed E-state index contributed by atoms with van der Waals surface area (Å²) in [6.07, 6.45) is 2.82. The Labute approximate surface area is 97.0 Å². The predicted octanol–water partition coefficient (Wildman–Crippen LogP) is 2.86. The first-order chi connectivity index (χ1) is 8.09. The van der Waals surface area contributed by atoms with Gasteiger partial charge in [0.2, 0.25) is 0 Å². The monoisotopic (exact) mass is 242 g/mol. The Hall–Kier alpha value is -1.72. The van der Waals surface area contributed by atoms with Crippen LogP contribution >= 0.6 is 0 Å². The van der Waals surface area contributed by atoms with Gasteiger partial charge in [0.05, 0.1) is 17.1 Å². The van der Waals surface area contributed by atoms with Gasteiger partial charge in [-0.2, -0.15) is 0 Å². The highest BCUT2D eigenvalue weighted by molar-refractivity contribution is 5.54. The molecule has 1 saturated heterocycles. The summed E-state index contributed by atoms with van der Waals surface area (Å²) in [5.74, 6) is -1.72. The Morgan fingerprint density at radius 3 is 2.12 bits per heavy atom. The fourth-order valence-electron chi connectivity index (χ4n) is 2.08. The molecular weight excluding hydrogens is 230 g/mol. The third-order valence-electron chi connectivity index (χ3n) is 2.88. The maximum absolute atomic E-state index is 13.7. The summed E-state index contributed by atoms with van der Waals surface area (Å²) in [5, 5.41) is 10.5. The lowest BCUT2D eigenvalue weighted by Crippen LogP contribution is -2.31. The molecule has 4 nitrogen and oxygen atoms in total. The molecule has 1 aromatic carbocycles. The van der Waals surface area contributed by atoms with Gasteiger partial charge < -0.3 is 4.90 Å². The molecule has 0 unspecified atom stereocenters. The van der Waals surface area contributed by atoms with Crippen molar-refractivity contribution in [3.05, 3.63) is 33.9 Å². The highest BCUT2D eigenvalue weighted by Crippen LogP contribution is 2.29. The van der Waals surface area contributed by atoms with Crippen LogP contribution in [0.3, 0.4) is 0 Å². The molecule has 1 aliphatic rings. The van der Waals surface area contributed by atoms with Crippen LogP contribution in [0.15, 0.2) is 12.1 Å². The summed E-state index contributed by atoms with van der Waals surface area (Å²) >= 11 is 0. The lowest BCUT2D eigenvalue weighted by Gasteiger charge is -2.29. The zero-order valence-electron chi connectivity index (χ0n) is 9.16. The third-order valence-corrected chi connectivity index (χ3v) is 2.88. The summed E-state index contributed by atoms with van der Waals surface area (Å²) in [6.45, 7) is 1.18. The van der Waals surface area contributed by atoms with E-state index in [1.54, 1.807) is 4.90 Å². The molecule has 6 heteroatoms. The number of rotatable bonds is 2. The van der Waals surface area contributed by atoms with Gasteiger partial charge in [-0.3, -0.25) is 10.1 Å². The van der Waals surface area contributed by atoms with E-state index in [4.69, 9.17) is 0 Å². The minimum Gasteiger partial charge on any atom is -0.367 e. The summed E-state index contributed by atoms with van der Waals surface area (Å²) in [7, 11) is 0. The van der Waals surface area contributed by atoms with Crippen molar-refractivity contribution in [3.63, 3.8) is 0 Å². The molecular formula is C11H12F2N2O2. The van der Waals surface area contributed by atoms with Crippen LogP contribution in [0.5, 0.6) is 0 Å². The fraction of sp³-hybridized carbons (Fsp3) is 0.455. The van der Waals surface area contributed by atoms with Crippen LogP contribution in [0.1, 0.15) is 19.3 Å². The fourth-order valence-corrected chi connectivity index (χ4v) is 2.08. The second kappa shape index (κ2) is 4.65. The maximum Gasteiger partial charge on any atom is 0.275 e. The predicted molar refractivity (Wildman–Crippen MR) is 59.1 cm³/mol. The molecule has 0 saturated carbocycles. The zero-order valence-corrected chi connectivity index (χ0v) is 9.16. The maximum atomic E-state index is 13.7. The Balaban J connectivity index is 2.37. The van der Waals surface area contributed by atoms with Crippen LogP contribution in [0.25, 0.3) is 0 Å². The van der Waals surface area contributed by atoms with Gasteiger partial charge in [0, 0.05) is 13.1 Å². The molecule has 0 aromatic heterocycles. The van der Waals surface area contributed by atoms with E-state index >= 15 is 0 Å². The normalized spacial score (nSPS) is 16.0. The number of hydrogen-bond donors (Lipinski definition) is 0. The smallest absolute Gasteiger partial charge is 0.275 e. The molecule has 1 aromatic rings. The summed E-state index contributed by atoms with van der Waals surface area (Å²) in [4.78, 5) is 11.3. The molecule has 1 fully saturated rings. The molecule has 0 amide bonds. The van der Waals surface area contributed by atoms with E-state index in [0.717, 1.165) is 31.4 Å². The van der Waals surface area contributed by atoms with Gasteiger partial charge in [-0.1, -0.05) is 0 Å². The lowest BCUT2D eigenvalue weighted by atomic mass is 10.1.